The number of nitrogens with zero attached hydrogens (tertiary/aromatic N) is 3. The highest BCUT2D eigenvalue weighted by molar-refractivity contribution is 5.98. The summed E-state index contributed by atoms with van der Waals surface area (Å²) in [6.07, 6.45) is 0.374. The van der Waals surface area contributed by atoms with Crippen molar-refractivity contribution < 1.29 is 9.59 Å². The van der Waals surface area contributed by atoms with Crippen molar-refractivity contribution in [3.8, 4) is 0 Å². The van der Waals surface area contributed by atoms with Crippen LogP contribution in [0.15, 0.2) is 30.3 Å². The van der Waals surface area contributed by atoms with Gasteiger partial charge in [0.05, 0.1) is 12.2 Å². The standard InChI is InChI=1S/C17H20N4O2/c1-12-3-5-14(6-4-12)10-18-15(22)11-20-16-9-13(2)19-21(16)8-7-17(20)23/h3-6,9H,7-8,10-11H2,1-2H3,(H,18,22). The molecule has 6 heteroatoms. The van der Waals surface area contributed by atoms with E-state index in [9.17, 15) is 9.59 Å². The highest BCUT2D eigenvalue weighted by Crippen LogP contribution is 2.22. The van der Waals surface area contributed by atoms with Crippen molar-refractivity contribution in [1.29, 1.82) is 0 Å². The number of amides is 2. The van der Waals surface area contributed by atoms with Gasteiger partial charge in [0.25, 0.3) is 0 Å². The Hall–Kier alpha value is -2.63. The number of carbonyl (C=O) groups excluding carboxylic acids is 2. The average molecular weight is 312 g/mol. The Morgan fingerprint density at radius 2 is 2.00 bits per heavy atom. The van der Waals surface area contributed by atoms with Crippen LogP contribution in [-0.4, -0.2) is 28.1 Å². The van der Waals surface area contributed by atoms with Gasteiger partial charge in [-0.2, -0.15) is 5.10 Å². The predicted octanol–water partition coefficient (Wildman–Crippen LogP) is 1.55. The largest absolute Gasteiger partial charge is 0.350 e. The molecule has 0 aliphatic carbocycles. The fourth-order valence-electron chi connectivity index (χ4n) is 2.65. The molecule has 1 aromatic heterocycles. The fourth-order valence-corrected chi connectivity index (χ4v) is 2.65. The van der Waals surface area contributed by atoms with Crippen LogP contribution in [0.3, 0.4) is 0 Å². The molecule has 0 fully saturated rings. The van der Waals surface area contributed by atoms with Gasteiger partial charge in [-0.05, 0) is 19.4 Å². The summed E-state index contributed by atoms with van der Waals surface area (Å²) in [6, 6.07) is 9.83. The van der Waals surface area contributed by atoms with E-state index in [1.807, 2.05) is 44.2 Å². The number of carbonyl (C=O) groups is 2. The van der Waals surface area contributed by atoms with E-state index >= 15 is 0 Å². The fraction of sp³-hybridized carbons (Fsp3) is 0.353. The van der Waals surface area contributed by atoms with Gasteiger partial charge in [0, 0.05) is 19.0 Å². The molecule has 0 bridgehead atoms. The first-order valence-corrected chi connectivity index (χ1v) is 7.70. The van der Waals surface area contributed by atoms with Crippen molar-refractivity contribution in [3.63, 3.8) is 0 Å². The van der Waals surface area contributed by atoms with Crippen LogP contribution in [0, 0.1) is 13.8 Å². The zero-order valence-electron chi connectivity index (χ0n) is 13.4. The SMILES string of the molecule is Cc1ccc(CNC(=O)CN2C(=O)CCn3nc(C)cc32)cc1. The number of rotatable bonds is 4. The minimum absolute atomic E-state index is 0.0236. The molecular weight excluding hydrogens is 292 g/mol. The Bertz CT molecular complexity index is 734. The summed E-state index contributed by atoms with van der Waals surface area (Å²) in [6.45, 7) is 4.96. The molecule has 1 aliphatic rings. The van der Waals surface area contributed by atoms with Crippen molar-refractivity contribution in [2.75, 3.05) is 11.4 Å². The maximum atomic E-state index is 12.2. The lowest BCUT2D eigenvalue weighted by Gasteiger charge is -2.26. The van der Waals surface area contributed by atoms with Crippen LogP contribution in [0.5, 0.6) is 0 Å². The summed E-state index contributed by atoms with van der Waals surface area (Å²) >= 11 is 0. The quantitative estimate of drug-likeness (QED) is 0.931. The van der Waals surface area contributed by atoms with Gasteiger partial charge in [-0.1, -0.05) is 29.8 Å². The van der Waals surface area contributed by atoms with Gasteiger partial charge in [-0.3, -0.25) is 14.5 Å². The first kappa shape index (κ1) is 15.3. The lowest BCUT2D eigenvalue weighted by atomic mass is 10.1. The Balaban J connectivity index is 1.63. The van der Waals surface area contributed by atoms with E-state index in [4.69, 9.17) is 0 Å². The molecule has 2 aromatic rings. The lowest BCUT2D eigenvalue weighted by molar-refractivity contribution is -0.124. The van der Waals surface area contributed by atoms with E-state index in [1.54, 1.807) is 4.68 Å². The van der Waals surface area contributed by atoms with Gasteiger partial charge in [-0.15, -0.1) is 0 Å². The predicted molar refractivity (Wildman–Crippen MR) is 87.0 cm³/mol. The van der Waals surface area contributed by atoms with Gasteiger partial charge in [0.1, 0.15) is 12.4 Å². The number of benzene rings is 1. The maximum absolute atomic E-state index is 12.2. The zero-order valence-corrected chi connectivity index (χ0v) is 13.4. The van der Waals surface area contributed by atoms with Gasteiger partial charge >= 0.3 is 0 Å². The van der Waals surface area contributed by atoms with E-state index in [0.717, 1.165) is 11.3 Å². The molecule has 0 unspecified atom stereocenters. The molecule has 0 saturated heterocycles. The second-order valence-corrected chi connectivity index (χ2v) is 5.86. The Morgan fingerprint density at radius 1 is 1.26 bits per heavy atom. The number of aryl methyl sites for hydroxylation is 3. The minimum Gasteiger partial charge on any atom is -0.350 e. The third kappa shape index (κ3) is 3.41. The summed E-state index contributed by atoms with van der Waals surface area (Å²) in [4.78, 5) is 25.8. The number of hydrogen-bond acceptors (Lipinski definition) is 3. The minimum atomic E-state index is -0.175. The topological polar surface area (TPSA) is 67.2 Å². The van der Waals surface area contributed by atoms with Crippen LogP contribution >= 0.6 is 0 Å². The monoisotopic (exact) mass is 312 g/mol. The molecule has 6 nitrogen and oxygen atoms in total. The van der Waals surface area contributed by atoms with Gasteiger partial charge in [-0.25, -0.2) is 4.68 Å². The summed E-state index contributed by atoms with van der Waals surface area (Å²) < 4.78 is 1.78. The van der Waals surface area contributed by atoms with Crippen molar-refractivity contribution in [1.82, 2.24) is 15.1 Å². The number of hydrogen-bond donors (Lipinski definition) is 1. The second-order valence-electron chi connectivity index (χ2n) is 5.86. The highest BCUT2D eigenvalue weighted by atomic mass is 16.2. The molecule has 2 amide bonds. The van der Waals surface area contributed by atoms with Crippen molar-refractivity contribution >= 4 is 17.6 Å². The molecule has 120 valence electrons. The van der Waals surface area contributed by atoms with Crippen LogP contribution in [0.25, 0.3) is 0 Å². The molecule has 0 atom stereocenters. The zero-order chi connectivity index (χ0) is 16.4. The Labute approximate surface area is 135 Å². The highest BCUT2D eigenvalue weighted by Gasteiger charge is 2.27. The molecule has 1 aromatic carbocycles. The summed E-state index contributed by atoms with van der Waals surface area (Å²) in [5.74, 6) is 0.485. The van der Waals surface area contributed by atoms with E-state index in [1.165, 1.54) is 10.5 Å². The Morgan fingerprint density at radius 3 is 2.74 bits per heavy atom. The maximum Gasteiger partial charge on any atom is 0.240 e. The molecule has 0 radical (unpaired) electrons. The number of anilines is 1. The number of fused-ring (bicyclic) bond motifs is 1. The van der Waals surface area contributed by atoms with Crippen LogP contribution in [0.4, 0.5) is 5.82 Å². The molecule has 0 spiro atoms. The molecule has 1 N–H and O–H groups in total. The molecular formula is C17H20N4O2. The first-order chi connectivity index (χ1) is 11.0. The van der Waals surface area contributed by atoms with Crippen LogP contribution in [0.1, 0.15) is 23.2 Å². The van der Waals surface area contributed by atoms with Crippen molar-refractivity contribution in [2.45, 2.75) is 33.4 Å². The van der Waals surface area contributed by atoms with Crippen molar-refractivity contribution in [2.24, 2.45) is 0 Å². The average Bonchev–Trinajstić information content (AvgIpc) is 2.90. The molecule has 3 rings (SSSR count). The summed E-state index contributed by atoms with van der Waals surface area (Å²) in [7, 11) is 0. The molecule has 0 saturated carbocycles. The first-order valence-electron chi connectivity index (χ1n) is 7.70. The van der Waals surface area contributed by atoms with Gasteiger partial charge in [0.15, 0.2) is 0 Å². The molecule has 2 heterocycles. The smallest absolute Gasteiger partial charge is 0.240 e. The van der Waals surface area contributed by atoms with Crippen LogP contribution < -0.4 is 10.2 Å². The van der Waals surface area contributed by atoms with Gasteiger partial charge < -0.3 is 5.32 Å². The van der Waals surface area contributed by atoms with Crippen LogP contribution in [0.2, 0.25) is 0 Å². The normalized spacial score (nSPS) is 13.8. The number of nitrogens with one attached hydrogen (secondary N) is 1. The van der Waals surface area contributed by atoms with E-state index in [-0.39, 0.29) is 18.4 Å². The number of aromatic nitrogens is 2. The van der Waals surface area contributed by atoms with E-state index in [0.29, 0.717) is 25.3 Å². The van der Waals surface area contributed by atoms with E-state index in [2.05, 4.69) is 10.4 Å². The lowest BCUT2D eigenvalue weighted by Crippen LogP contribution is -2.44. The third-order valence-electron chi connectivity index (χ3n) is 3.91. The van der Waals surface area contributed by atoms with Crippen molar-refractivity contribution in [3.05, 3.63) is 47.2 Å². The van der Waals surface area contributed by atoms with Gasteiger partial charge in [0.2, 0.25) is 11.8 Å². The third-order valence-corrected chi connectivity index (χ3v) is 3.91. The molecule has 23 heavy (non-hydrogen) atoms. The van der Waals surface area contributed by atoms with Crippen LogP contribution in [-0.2, 0) is 22.7 Å². The van der Waals surface area contributed by atoms with E-state index < -0.39 is 0 Å². The second kappa shape index (κ2) is 6.24. The summed E-state index contributed by atoms with van der Waals surface area (Å²) in [5, 5.41) is 7.20. The summed E-state index contributed by atoms with van der Waals surface area (Å²) in [5.41, 5.74) is 3.07. The molecule has 1 aliphatic heterocycles. The Kier molecular flexibility index (Phi) is 4.14.